The molecule has 0 radical (unpaired) electrons. The van der Waals surface area contributed by atoms with Gasteiger partial charge in [0, 0.05) is 17.4 Å². The summed E-state index contributed by atoms with van der Waals surface area (Å²) in [6.45, 7) is 0. The number of carbonyl (C=O) groups is 3. The van der Waals surface area contributed by atoms with Crippen LogP contribution in [0.25, 0.3) is 6.08 Å². The molecule has 4 heteroatoms. The lowest BCUT2D eigenvalue weighted by molar-refractivity contribution is -0.152. The van der Waals surface area contributed by atoms with E-state index in [4.69, 9.17) is 0 Å². The van der Waals surface area contributed by atoms with Crippen LogP contribution >= 0.6 is 0 Å². The molecular weight excluding hydrogens is 316 g/mol. The number of ketones is 2. The Labute approximate surface area is 146 Å². The van der Waals surface area contributed by atoms with Gasteiger partial charge < -0.3 is 4.74 Å². The minimum atomic E-state index is -0.897. The summed E-state index contributed by atoms with van der Waals surface area (Å²) in [6, 6.07) is 18.4. The van der Waals surface area contributed by atoms with Crippen LogP contribution < -0.4 is 0 Å². The van der Waals surface area contributed by atoms with Crippen LogP contribution in [0.15, 0.2) is 66.7 Å². The summed E-state index contributed by atoms with van der Waals surface area (Å²) >= 11 is 0. The highest BCUT2D eigenvalue weighted by Gasteiger charge is 2.58. The first kappa shape index (κ1) is 16.8. The molecule has 0 bridgehead atoms. The maximum absolute atomic E-state index is 12.7. The number of Topliss-reactive ketones (excluding diaryl/α,β-unsaturated/α-hetero) is 2. The zero-order valence-electron chi connectivity index (χ0n) is 13.8. The highest BCUT2D eigenvalue weighted by molar-refractivity contribution is 6.36. The van der Waals surface area contributed by atoms with Crippen molar-refractivity contribution in [2.24, 2.45) is 17.8 Å². The van der Waals surface area contributed by atoms with Gasteiger partial charge in [-0.15, -0.1) is 0 Å². The SMILES string of the molecule is COC(=O)C(=O)[C@@H]1[C@@H](/C=C/c2ccccc2)[C@@H]1C(=O)c1ccccc1. The number of methoxy groups -OCH3 is 1. The number of benzene rings is 2. The Bertz CT molecular complexity index is 808. The molecule has 3 atom stereocenters. The Morgan fingerprint density at radius 1 is 0.880 bits per heavy atom. The van der Waals surface area contributed by atoms with Crippen LogP contribution in [0, 0.1) is 17.8 Å². The smallest absolute Gasteiger partial charge is 0.374 e. The van der Waals surface area contributed by atoms with Crippen molar-refractivity contribution in [3.63, 3.8) is 0 Å². The number of allylic oxidation sites excluding steroid dienone is 1. The van der Waals surface area contributed by atoms with E-state index in [1.54, 1.807) is 24.3 Å². The number of ether oxygens (including phenoxy) is 1. The molecule has 2 aromatic carbocycles. The Morgan fingerprint density at radius 3 is 2.08 bits per heavy atom. The molecule has 0 N–H and O–H groups in total. The Balaban J connectivity index is 1.83. The van der Waals surface area contributed by atoms with Crippen molar-refractivity contribution in [2.45, 2.75) is 0 Å². The summed E-state index contributed by atoms with van der Waals surface area (Å²) in [5.74, 6) is -3.12. The average molecular weight is 334 g/mol. The van der Waals surface area contributed by atoms with Crippen LogP contribution in [0.4, 0.5) is 0 Å². The first-order valence-electron chi connectivity index (χ1n) is 8.08. The van der Waals surface area contributed by atoms with Crippen LogP contribution in [-0.2, 0) is 14.3 Å². The lowest BCUT2D eigenvalue weighted by Crippen LogP contribution is -2.20. The van der Waals surface area contributed by atoms with Crippen molar-refractivity contribution in [3.05, 3.63) is 77.9 Å². The van der Waals surface area contributed by atoms with E-state index >= 15 is 0 Å². The van der Waals surface area contributed by atoms with Crippen LogP contribution in [-0.4, -0.2) is 24.6 Å². The fourth-order valence-electron chi connectivity index (χ4n) is 3.07. The van der Waals surface area contributed by atoms with E-state index in [0.29, 0.717) is 5.56 Å². The van der Waals surface area contributed by atoms with Gasteiger partial charge in [0.2, 0.25) is 5.78 Å². The van der Waals surface area contributed by atoms with Crippen LogP contribution in [0.2, 0.25) is 0 Å². The van der Waals surface area contributed by atoms with Gasteiger partial charge in [-0.25, -0.2) is 4.79 Å². The predicted molar refractivity (Wildman–Crippen MR) is 93.7 cm³/mol. The fourth-order valence-corrected chi connectivity index (χ4v) is 3.07. The van der Waals surface area contributed by atoms with Gasteiger partial charge >= 0.3 is 5.97 Å². The van der Waals surface area contributed by atoms with E-state index in [2.05, 4.69) is 4.74 Å². The molecule has 0 saturated heterocycles. The van der Waals surface area contributed by atoms with E-state index in [0.717, 1.165) is 5.56 Å². The number of carbonyl (C=O) groups excluding carboxylic acids is 3. The number of hydrogen-bond acceptors (Lipinski definition) is 4. The predicted octanol–water partition coefficient (Wildman–Crippen LogP) is 3.19. The van der Waals surface area contributed by atoms with Crippen molar-refractivity contribution < 1.29 is 19.1 Å². The Kier molecular flexibility index (Phi) is 4.89. The number of esters is 1. The van der Waals surface area contributed by atoms with Crippen LogP contribution in [0.5, 0.6) is 0 Å². The highest BCUT2D eigenvalue weighted by Crippen LogP contribution is 2.50. The fraction of sp³-hybridized carbons (Fsp3) is 0.190. The summed E-state index contributed by atoms with van der Waals surface area (Å²) in [6.07, 6.45) is 3.72. The molecule has 0 spiro atoms. The molecule has 0 unspecified atom stereocenters. The van der Waals surface area contributed by atoms with Gasteiger partial charge in [-0.1, -0.05) is 72.8 Å². The molecule has 1 saturated carbocycles. The van der Waals surface area contributed by atoms with Crippen molar-refractivity contribution >= 4 is 23.6 Å². The lowest BCUT2D eigenvalue weighted by Gasteiger charge is -1.99. The zero-order valence-corrected chi connectivity index (χ0v) is 13.8. The first-order chi connectivity index (χ1) is 12.1. The third-order valence-corrected chi connectivity index (χ3v) is 4.44. The summed E-state index contributed by atoms with van der Waals surface area (Å²) in [5.41, 5.74) is 1.52. The molecule has 3 rings (SSSR count). The van der Waals surface area contributed by atoms with Gasteiger partial charge in [0.05, 0.1) is 7.11 Å². The van der Waals surface area contributed by atoms with Crippen LogP contribution in [0.3, 0.4) is 0 Å². The zero-order chi connectivity index (χ0) is 17.8. The quantitative estimate of drug-likeness (QED) is 0.462. The number of rotatable bonds is 6. The van der Waals surface area contributed by atoms with Crippen molar-refractivity contribution in [1.29, 1.82) is 0 Å². The molecule has 0 aliphatic heterocycles. The van der Waals surface area contributed by atoms with Crippen molar-refractivity contribution in [1.82, 2.24) is 0 Å². The molecule has 2 aromatic rings. The van der Waals surface area contributed by atoms with Gasteiger partial charge in [-0.3, -0.25) is 9.59 Å². The second-order valence-electron chi connectivity index (χ2n) is 5.98. The van der Waals surface area contributed by atoms with Gasteiger partial charge in [0.25, 0.3) is 0 Å². The monoisotopic (exact) mass is 334 g/mol. The van der Waals surface area contributed by atoms with Crippen molar-refractivity contribution in [2.75, 3.05) is 7.11 Å². The Hall–Kier alpha value is -3.01. The molecule has 0 heterocycles. The van der Waals surface area contributed by atoms with Crippen LogP contribution in [0.1, 0.15) is 15.9 Å². The second-order valence-corrected chi connectivity index (χ2v) is 5.98. The minimum absolute atomic E-state index is 0.120. The highest BCUT2D eigenvalue weighted by atomic mass is 16.5. The minimum Gasteiger partial charge on any atom is -0.463 e. The van der Waals surface area contributed by atoms with E-state index in [9.17, 15) is 14.4 Å². The average Bonchev–Trinajstić information content (AvgIpc) is 3.40. The lowest BCUT2D eigenvalue weighted by atomic mass is 10.0. The van der Waals surface area contributed by atoms with E-state index < -0.39 is 23.6 Å². The summed E-state index contributed by atoms with van der Waals surface area (Å²) < 4.78 is 4.53. The third kappa shape index (κ3) is 3.58. The molecule has 1 fully saturated rings. The largest absolute Gasteiger partial charge is 0.463 e. The third-order valence-electron chi connectivity index (χ3n) is 4.44. The molecule has 1 aliphatic rings. The van der Waals surface area contributed by atoms with Crippen molar-refractivity contribution in [3.8, 4) is 0 Å². The summed E-state index contributed by atoms with van der Waals surface area (Å²) in [4.78, 5) is 36.6. The standard InChI is InChI=1S/C21H18O4/c1-25-21(24)20(23)18-16(13-12-14-8-4-2-5-9-14)17(18)19(22)15-10-6-3-7-11-15/h2-13,16-18H,1H3/b13-12+/t16-,17-,18+/m0/s1. The van der Waals surface area contributed by atoms with E-state index in [-0.39, 0.29) is 11.7 Å². The van der Waals surface area contributed by atoms with Gasteiger partial charge in [-0.2, -0.15) is 0 Å². The Morgan fingerprint density at radius 2 is 1.48 bits per heavy atom. The normalized spacial score (nSPS) is 21.7. The topological polar surface area (TPSA) is 60.4 Å². The molecule has 4 nitrogen and oxygen atoms in total. The maximum atomic E-state index is 12.7. The molecule has 0 aromatic heterocycles. The van der Waals surface area contributed by atoms with Gasteiger partial charge in [0.1, 0.15) is 0 Å². The number of hydrogen-bond donors (Lipinski definition) is 0. The molecule has 25 heavy (non-hydrogen) atoms. The molecular formula is C21H18O4. The summed E-state index contributed by atoms with van der Waals surface area (Å²) in [7, 11) is 1.17. The molecule has 126 valence electrons. The summed E-state index contributed by atoms with van der Waals surface area (Å²) in [5, 5.41) is 0. The van der Waals surface area contributed by atoms with E-state index in [1.165, 1.54) is 7.11 Å². The van der Waals surface area contributed by atoms with Gasteiger partial charge in [-0.05, 0) is 11.5 Å². The molecule has 1 aliphatic carbocycles. The second kappa shape index (κ2) is 7.26. The van der Waals surface area contributed by atoms with E-state index in [1.807, 2.05) is 48.6 Å². The maximum Gasteiger partial charge on any atom is 0.374 e. The van der Waals surface area contributed by atoms with Gasteiger partial charge in [0.15, 0.2) is 5.78 Å². The molecule has 0 amide bonds. The first-order valence-corrected chi connectivity index (χ1v) is 8.08.